The van der Waals surface area contributed by atoms with Crippen LogP contribution >= 0.6 is 23.4 Å². The Kier molecular flexibility index (Phi) is 8.59. The van der Waals surface area contributed by atoms with Gasteiger partial charge in [0.05, 0.1) is 17.3 Å². The van der Waals surface area contributed by atoms with Gasteiger partial charge < -0.3 is 25.4 Å². The van der Waals surface area contributed by atoms with E-state index in [0.717, 1.165) is 10.6 Å². The smallest absolute Gasteiger partial charge is 0.257 e. The van der Waals surface area contributed by atoms with Gasteiger partial charge in [-0.15, -0.1) is 11.8 Å². The summed E-state index contributed by atoms with van der Waals surface area (Å²) in [5, 5.41) is 27.3. The summed E-state index contributed by atoms with van der Waals surface area (Å²) in [6, 6.07) is 12.5. The van der Waals surface area contributed by atoms with E-state index in [1.165, 1.54) is 6.20 Å². The molecule has 35 heavy (non-hydrogen) atoms. The van der Waals surface area contributed by atoms with Crippen LogP contribution in [0.4, 0.5) is 0 Å². The van der Waals surface area contributed by atoms with Crippen molar-refractivity contribution < 1.29 is 15.0 Å². The number of amides is 1. The van der Waals surface area contributed by atoms with Crippen LogP contribution in [0.25, 0.3) is 0 Å². The zero-order valence-electron chi connectivity index (χ0n) is 19.0. The maximum Gasteiger partial charge on any atom is 0.257 e. The van der Waals surface area contributed by atoms with Crippen molar-refractivity contribution in [1.82, 2.24) is 20.2 Å². The van der Waals surface area contributed by atoms with E-state index in [1.54, 1.807) is 46.8 Å². The van der Waals surface area contributed by atoms with E-state index in [1.807, 2.05) is 18.2 Å². The first-order chi connectivity index (χ1) is 17.0. The van der Waals surface area contributed by atoms with Gasteiger partial charge in [-0.2, -0.15) is 0 Å². The summed E-state index contributed by atoms with van der Waals surface area (Å²) in [5.74, 6) is -0.454. The molecule has 2 aromatic heterocycles. The summed E-state index contributed by atoms with van der Waals surface area (Å²) in [6.45, 7) is 1.35. The summed E-state index contributed by atoms with van der Waals surface area (Å²) >= 11 is 7.45. The number of fused-ring (bicyclic) bond motifs is 1. The summed E-state index contributed by atoms with van der Waals surface area (Å²) < 4.78 is 1.78. The lowest BCUT2D eigenvalue weighted by molar-refractivity contribution is 0.0948. The van der Waals surface area contributed by atoms with E-state index >= 15 is 0 Å². The second kappa shape index (κ2) is 11.8. The van der Waals surface area contributed by atoms with E-state index in [0.29, 0.717) is 35.8 Å². The zero-order chi connectivity index (χ0) is 24.8. The number of nitrogens with zero attached hydrogens (tertiary/aromatic N) is 2. The minimum absolute atomic E-state index is 0.0611. The molecule has 4 N–H and O–H groups in total. The second-order valence-corrected chi connectivity index (χ2v) is 9.98. The van der Waals surface area contributed by atoms with E-state index in [2.05, 4.69) is 15.6 Å². The first-order valence-electron chi connectivity index (χ1n) is 11.3. The lowest BCUT2D eigenvalue weighted by atomic mass is 10.1. The van der Waals surface area contributed by atoms with Crippen LogP contribution in [0.1, 0.15) is 33.3 Å². The standard InChI is InChI=1S/C25H27ClN4O4S/c26-17-6-4-16(5-7-17)12-29-24(34)20-15-30(9-10-31)25-19(23(20)33)11-18(35-25)13-27-14-22(32)21-3-1-2-8-28-21/h1-8,15,18,22,27,31-32H,9-14H2,(H,29,34)/t18?,22-/m1/s1. The zero-order valence-corrected chi connectivity index (χ0v) is 20.6. The quantitative estimate of drug-likeness (QED) is 0.327. The molecular weight excluding hydrogens is 488 g/mol. The van der Waals surface area contributed by atoms with Crippen LogP contribution in [0.2, 0.25) is 5.02 Å². The minimum atomic E-state index is -0.727. The molecule has 1 amide bonds. The Balaban J connectivity index is 1.42. The van der Waals surface area contributed by atoms with Crippen LogP contribution in [0.15, 0.2) is 64.7 Å². The number of halogens is 1. The van der Waals surface area contributed by atoms with Crippen molar-refractivity contribution >= 4 is 29.3 Å². The molecule has 0 aliphatic carbocycles. The second-order valence-electron chi connectivity index (χ2n) is 8.25. The number of hydrogen-bond acceptors (Lipinski definition) is 7. The Morgan fingerprint density at radius 2 is 2.06 bits per heavy atom. The van der Waals surface area contributed by atoms with Crippen LogP contribution < -0.4 is 16.1 Å². The molecule has 1 unspecified atom stereocenters. The van der Waals surface area contributed by atoms with Gasteiger partial charge in [0.2, 0.25) is 0 Å². The number of aliphatic hydroxyl groups excluding tert-OH is 2. The SMILES string of the molecule is O=C(NCc1ccc(Cl)cc1)c1cn(CCO)c2c(c1=O)CC(CNC[C@@H](O)c1ccccn1)S2. The fourth-order valence-electron chi connectivity index (χ4n) is 3.94. The molecule has 0 radical (unpaired) electrons. The monoisotopic (exact) mass is 514 g/mol. The van der Waals surface area contributed by atoms with Gasteiger partial charge in [-0.1, -0.05) is 29.8 Å². The molecule has 1 aliphatic rings. The largest absolute Gasteiger partial charge is 0.395 e. The Bertz CT molecular complexity index is 1220. The number of carbonyl (C=O) groups excluding carboxylic acids is 1. The fraction of sp³-hybridized carbons (Fsp3) is 0.320. The predicted octanol–water partition coefficient (Wildman–Crippen LogP) is 2.16. The number of nitrogens with one attached hydrogen (secondary N) is 2. The third-order valence-electron chi connectivity index (χ3n) is 5.72. The third-order valence-corrected chi connectivity index (χ3v) is 7.35. The Morgan fingerprint density at radius 1 is 1.26 bits per heavy atom. The van der Waals surface area contributed by atoms with Crippen LogP contribution in [0.3, 0.4) is 0 Å². The average Bonchev–Trinajstić information content (AvgIpc) is 3.30. The molecule has 0 spiro atoms. The van der Waals surface area contributed by atoms with Crippen molar-refractivity contribution in [3.8, 4) is 0 Å². The number of rotatable bonds is 10. The van der Waals surface area contributed by atoms with E-state index in [4.69, 9.17) is 11.6 Å². The number of carbonyl (C=O) groups is 1. The molecule has 3 aromatic rings. The molecule has 0 saturated heterocycles. The number of pyridine rings is 2. The Morgan fingerprint density at radius 3 is 2.77 bits per heavy atom. The van der Waals surface area contributed by atoms with Gasteiger partial charge in [0.15, 0.2) is 5.43 Å². The molecule has 8 nitrogen and oxygen atoms in total. The lowest BCUT2D eigenvalue weighted by Crippen LogP contribution is -2.32. The van der Waals surface area contributed by atoms with Gasteiger partial charge in [0.25, 0.3) is 5.91 Å². The molecular formula is C25H27ClN4O4S. The van der Waals surface area contributed by atoms with E-state index < -0.39 is 12.0 Å². The molecule has 2 atom stereocenters. The van der Waals surface area contributed by atoms with Gasteiger partial charge >= 0.3 is 0 Å². The van der Waals surface area contributed by atoms with E-state index in [9.17, 15) is 19.8 Å². The van der Waals surface area contributed by atoms with Crippen LogP contribution in [-0.4, -0.2) is 50.6 Å². The van der Waals surface area contributed by atoms with Crippen LogP contribution in [0.5, 0.6) is 0 Å². The number of hydrogen-bond donors (Lipinski definition) is 4. The molecule has 3 heterocycles. The van der Waals surface area contributed by atoms with Gasteiger partial charge in [0.1, 0.15) is 11.7 Å². The average molecular weight is 515 g/mol. The topological polar surface area (TPSA) is 116 Å². The van der Waals surface area contributed by atoms with Crippen molar-refractivity contribution in [3.63, 3.8) is 0 Å². The highest BCUT2D eigenvalue weighted by Crippen LogP contribution is 2.35. The maximum atomic E-state index is 13.2. The summed E-state index contributed by atoms with van der Waals surface area (Å²) in [4.78, 5) is 30.2. The molecule has 4 rings (SSSR count). The number of aliphatic hydroxyl groups is 2. The molecule has 1 aromatic carbocycles. The highest BCUT2D eigenvalue weighted by Gasteiger charge is 2.30. The van der Waals surface area contributed by atoms with Gasteiger partial charge in [-0.05, 0) is 36.2 Å². The highest BCUT2D eigenvalue weighted by atomic mass is 35.5. The summed E-state index contributed by atoms with van der Waals surface area (Å²) in [5.41, 5.74) is 1.82. The predicted molar refractivity (Wildman–Crippen MR) is 136 cm³/mol. The summed E-state index contributed by atoms with van der Waals surface area (Å²) in [7, 11) is 0. The number of benzene rings is 1. The normalized spacial score (nSPS) is 15.6. The van der Waals surface area contributed by atoms with Crippen molar-refractivity contribution in [3.05, 3.63) is 92.5 Å². The number of aromatic nitrogens is 2. The minimum Gasteiger partial charge on any atom is -0.395 e. The highest BCUT2D eigenvalue weighted by molar-refractivity contribution is 8.00. The molecule has 0 saturated carbocycles. The maximum absolute atomic E-state index is 13.2. The first kappa shape index (κ1) is 25.4. The Hall–Kier alpha value is -2.69. The van der Waals surface area contributed by atoms with Gasteiger partial charge in [-0.3, -0.25) is 14.6 Å². The molecule has 10 heteroatoms. The third kappa shape index (κ3) is 6.31. The molecule has 184 valence electrons. The lowest BCUT2D eigenvalue weighted by Gasteiger charge is -2.15. The van der Waals surface area contributed by atoms with Crippen molar-refractivity contribution in [2.24, 2.45) is 0 Å². The molecule has 0 fully saturated rings. The van der Waals surface area contributed by atoms with Crippen molar-refractivity contribution in [2.75, 3.05) is 19.7 Å². The Labute approximate surface area is 212 Å². The van der Waals surface area contributed by atoms with Crippen LogP contribution in [0, 0.1) is 0 Å². The number of thioether (sulfide) groups is 1. The first-order valence-corrected chi connectivity index (χ1v) is 12.6. The van der Waals surface area contributed by atoms with Crippen LogP contribution in [-0.2, 0) is 19.5 Å². The molecule has 0 bridgehead atoms. The van der Waals surface area contributed by atoms with Gasteiger partial charge in [0, 0.05) is 54.4 Å². The summed E-state index contributed by atoms with van der Waals surface area (Å²) in [6.07, 6.45) is 2.94. The fourth-order valence-corrected chi connectivity index (χ4v) is 5.43. The molecule has 1 aliphatic heterocycles. The van der Waals surface area contributed by atoms with Gasteiger partial charge in [-0.25, -0.2) is 0 Å². The van der Waals surface area contributed by atoms with Crippen molar-refractivity contribution in [2.45, 2.75) is 35.9 Å². The van der Waals surface area contributed by atoms with Crippen molar-refractivity contribution in [1.29, 1.82) is 0 Å². The van der Waals surface area contributed by atoms with E-state index in [-0.39, 0.29) is 35.9 Å².